The molecule has 1 aromatic rings. The zero-order valence-corrected chi connectivity index (χ0v) is 13.4. The summed E-state index contributed by atoms with van der Waals surface area (Å²) in [7, 11) is 0. The van der Waals surface area contributed by atoms with Gasteiger partial charge in [-0.05, 0) is 50.5 Å². The Morgan fingerprint density at radius 1 is 1.09 bits per heavy atom. The van der Waals surface area contributed by atoms with Crippen molar-refractivity contribution in [2.24, 2.45) is 11.8 Å². The molecule has 1 amide bonds. The van der Waals surface area contributed by atoms with Crippen molar-refractivity contribution in [1.29, 1.82) is 0 Å². The molecule has 0 radical (unpaired) electrons. The predicted molar refractivity (Wildman–Crippen MR) is 86.5 cm³/mol. The average molecular weight is 302 g/mol. The molecular weight excluding hydrogens is 276 g/mol. The van der Waals surface area contributed by atoms with Crippen LogP contribution in [-0.4, -0.2) is 35.0 Å². The van der Waals surface area contributed by atoms with E-state index in [2.05, 4.69) is 27.1 Å². The SMILES string of the molecule is CC1CCC(NC(=O)C2CCN(c3ncccn3)CC2)CC1. The summed E-state index contributed by atoms with van der Waals surface area (Å²) in [6.45, 7) is 4.03. The highest BCUT2D eigenvalue weighted by Gasteiger charge is 2.28. The van der Waals surface area contributed by atoms with Crippen LogP contribution in [0.25, 0.3) is 0 Å². The summed E-state index contributed by atoms with van der Waals surface area (Å²) in [5.41, 5.74) is 0. The van der Waals surface area contributed by atoms with Gasteiger partial charge in [0.2, 0.25) is 11.9 Å². The average Bonchev–Trinajstić information content (AvgIpc) is 2.58. The summed E-state index contributed by atoms with van der Waals surface area (Å²) < 4.78 is 0. The van der Waals surface area contributed by atoms with E-state index in [1.165, 1.54) is 12.8 Å². The molecule has 5 heteroatoms. The van der Waals surface area contributed by atoms with Crippen molar-refractivity contribution in [3.05, 3.63) is 18.5 Å². The van der Waals surface area contributed by atoms with E-state index in [9.17, 15) is 4.79 Å². The Hall–Kier alpha value is -1.65. The summed E-state index contributed by atoms with van der Waals surface area (Å²) in [6.07, 6.45) is 10.1. The van der Waals surface area contributed by atoms with Crippen LogP contribution >= 0.6 is 0 Å². The number of piperidine rings is 1. The number of amides is 1. The van der Waals surface area contributed by atoms with Crippen molar-refractivity contribution >= 4 is 11.9 Å². The number of nitrogens with zero attached hydrogens (tertiary/aromatic N) is 3. The van der Waals surface area contributed by atoms with E-state index < -0.39 is 0 Å². The van der Waals surface area contributed by atoms with Crippen molar-refractivity contribution in [2.45, 2.75) is 51.5 Å². The highest BCUT2D eigenvalue weighted by molar-refractivity contribution is 5.79. The summed E-state index contributed by atoms with van der Waals surface area (Å²) in [6, 6.07) is 2.23. The van der Waals surface area contributed by atoms with Crippen LogP contribution in [-0.2, 0) is 4.79 Å². The molecule has 1 saturated carbocycles. The van der Waals surface area contributed by atoms with E-state index in [1.807, 2.05) is 6.07 Å². The van der Waals surface area contributed by atoms with Crippen LogP contribution in [0.3, 0.4) is 0 Å². The van der Waals surface area contributed by atoms with Gasteiger partial charge in [-0.3, -0.25) is 4.79 Å². The standard InChI is InChI=1S/C17H26N4O/c1-13-3-5-15(6-4-13)20-16(22)14-7-11-21(12-8-14)17-18-9-2-10-19-17/h2,9-10,13-15H,3-8,11-12H2,1H3,(H,20,22). The fourth-order valence-corrected chi connectivity index (χ4v) is 3.52. The maximum atomic E-state index is 12.4. The molecule has 0 aromatic carbocycles. The summed E-state index contributed by atoms with van der Waals surface area (Å²) in [5, 5.41) is 3.28. The fraction of sp³-hybridized carbons (Fsp3) is 0.706. The summed E-state index contributed by atoms with van der Waals surface area (Å²) in [5.74, 6) is 2.01. The number of carbonyl (C=O) groups is 1. The Balaban J connectivity index is 1.46. The van der Waals surface area contributed by atoms with Crippen LogP contribution in [0.15, 0.2) is 18.5 Å². The Morgan fingerprint density at radius 3 is 2.36 bits per heavy atom. The third kappa shape index (κ3) is 3.76. The molecule has 2 heterocycles. The fourth-order valence-electron chi connectivity index (χ4n) is 3.52. The van der Waals surface area contributed by atoms with Crippen molar-refractivity contribution in [1.82, 2.24) is 15.3 Å². The molecule has 2 aliphatic rings. The topological polar surface area (TPSA) is 58.1 Å². The largest absolute Gasteiger partial charge is 0.353 e. The monoisotopic (exact) mass is 302 g/mol. The molecule has 1 N–H and O–H groups in total. The first kappa shape index (κ1) is 15.3. The van der Waals surface area contributed by atoms with Gasteiger partial charge in [0.25, 0.3) is 0 Å². The minimum absolute atomic E-state index is 0.152. The quantitative estimate of drug-likeness (QED) is 0.931. The van der Waals surface area contributed by atoms with E-state index >= 15 is 0 Å². The molecule has 1 saturated heterocycles. The molecule has 0 atom stereocenters. The first-order valence-corrected chi connectivity index (χ1v) is 8.54. The van der Waals surface area contributed by atoms with Gasteiger partial charge < -0.3 is 10.2 Å². The lowest BCUT2D eigenvalue weighted by Gasteiger charge is -2.33. The van der Waals surface area contributed by atoms with Gasteiger partial charge in [-0.2, -0.15) is 0 Å². The van der Waals surface area contributed by atoms with Gasteiger partial charge in [0.15, 0.2) is 0 Å². The third-order valence-electron chi connectivity index (χ3n) is 5.06. The van der Waals surface area contributed by atoms with Gasteiger partial charge in [-0.25, -0.2) is 9.97 Å². The lowest BCUT2D eigenvalue weighted by Crippen LogP contribution is -2.45. The number of carbonyl (C=O) groups excluding carboxylic acids is 1. The van der Waals surface area contributed by atoms with Crippen LogP contribution in [0.2, 0.25) is 0 Å². The molecule has 0 unspecified atom stereocenters. The van der Waals surface area contributed by atoms with Gasteiger partial charge in [-0.15, -0.1) is 0 Å². The maximum Gasteiger partial charge on any atom is 0.225 e. The molecule has 1 aliphatic heterocycles. The lowest BCUT2D eigenvalue weighted by molar-refractivity contribution is -0.126. The highest BCUT2D eigenvalue weighted by atomic mass is 16.1. The van der Waals surface area contributed by atoms with Gasteiger partial charge in [-0.1, -0.05) is 6.92 Å². The van der Waals surface area contributed by atoms with Gasteiger partial charge >= 0.3 is 0 Å². The molecule has 1 aromatic heterocycles. The van der Waals surface area contributed by atoms with E-state index in [4.69, 9.17) is 0 Å². The highest BCUT2D eigenvalue weighted by Crippen LogP contribution is 2.25. The molecule has 22 heavy (non-hydrogen) atoms. The smallest absolute Gasteiger partial charge is 0.225 e. The zero-order valence-electron chi connectivity index (χ0n) is 13.4. The van der Waals surface area contributed by atoms with Gasteiger partial charge in [0, 0.05) is 37.4 Å². The van der Waals surface area contributed by atoms with Crippen molar-refractivity contribution in [2.75, 3.05) is 18.0 Å². The molecule has 0 bridgehead atoms. The normalized spacial score (nSPS) is 26.7. The molecule has 5 nitrogen and oxygen atoms in total. The molecule has 1 aliphatic carbocycles. The van der Waals surface area contributed by atoms with E-state index in [-0.39, 0.29) is 11.8 Å². The minimum Gasteiger partial charge on any atom is -0.353 e. The molecule has 0 spiro atoms. The first-order valence-electron chi connectivity index (χ1n) is 8.54. The summed E-state index contributed by atoms with van der Waals surface area (Å²) >= 11 is 0. The molecule has 120 valence electrons. The number of anilines is 1. The maximum absolute atomic E-state index is 12.4. The Kier molecular flexibility index (Phi) is 4.90. The Morgan fingerprint density at radius 2 is 1.73 bits per heavy atom. The van der Waals surface area contributed by atoms with Gasteiger partial charge in [0.05, 0.1) is 0 Å². The van der Waals surface area contributed by atoms with E-state index in [0.717, 1.165) is 50.6 Å². The first-order chi connectivity index (χ1) is 10.7. The minimum atomic E-state index is 0.152. The predicted octanol–water partition coefficient (Wildman–Crippen LogP) is 2.39. The van der Waals surface area contributed by atoms with E-state index in [1.54, 1.807) is 12.4 Å². The number of aromatic nitrogens is 2. The van der Waals surface area contributed by atoms with Crippen LogP contribution < -0.4 is 10.2 Å². The number of hydrogen-bond donors (Lipinski definition) is 1. The molecular formula is C17H26N4O. The second-order valence-corrected chi connectivity index (χ2v) is 6.78. The van der Waals surface area contributed by atoms with Crippen LogP contribution in [0.1, 0.15) is 45.4 Å². The Labute approximate surface area is 132 Å². The second-order valence-electron chi connectivity index (χ2n) is 6.78. The van der Waals surface area contributed by atoms with Crippen LogP contribution in [0.4, 0.5) is 5.95 Å². The zero-order chi connectivity index (χ0) is 15.4. The molecule has 3 rings (SSSR count). The summed E-state index contributed by atoms with van der Waals surface area (Å²) in [4.78, 5) is 23.2. The number of hydrogen-bond acceptors (Lipinski definition) is 4. The van der Waals surface area contributed by atoms with Gasteiger partial charge in [0.1, 0.15) is 0 Å². The van der Waals surface area contributed by atoms with E-state index in [0.29, 0.717) is 6.04 Å². The third-order valence-corrected chi connectivity index (χ3v) is 5.06. The van der Waals surface area contributed by atoms with Crippen molar-refractivity contribution in [3.63, 3.8) is 0 Å². The lowest BCUT2D eigenvalue weighted by atomic mass is 9.86. The van der Waals surface area contributed by atoms with Crippen LogP contribution in [0.5, 0.6) is 0 Å². The Bertz CT molecular complexity index is 477. The number of nitrogens with one attached hydrogen (secondary N) is 1. The molecule has 2 fully saturated rings. The van der Waals surface area contributed by atoms with Crippen molar-refractivity contribution in [3.8, 4) is 0 Å². The number of rotatable bonds is 3. The second kappa shape index (κ2) is 7.07. The van der Waals surface area contributed by atoms with Crippen molar-refractivity contribution < 1.29 is 4.79 Å². The van der Waals surface area contributed by atoms with Crippen LogP contribution in [0, 0.1) is 11.8 Å².